The molecule has 9 heteroatoms. The van der Waals surface area contributed by atoms with Gasteiger partial charge < -0.3 is 28.5 Å². The Kier molecular flexibility index (Phi) is 70.1. The smallest absolute Gasteiger partial charge is 0.361 e. The second-order valence-corrected chi connectivity index (χ2v) is 26.9. The van der Waals surface area contributed by atoms with Crippen molar-refractivity contribution in [1.82, 2.24) is 0 Å². The maximum Gasteiger partial charge on any atom is 0.361 e. The lowest BCUT2D eigenvalue weighted by atomic mass is 10.0. The van der Waals surface area contributed by atoms with E-state index in [2.05, 4.69) is 135 Å². The van der Waals surface area contributed by atoms with E-state index in [-0.39, 0.29) is 32.2 Å². The highest BCUT2D eigenvalue weighted by molar-refractivity contribution is 5.71. The minimum absolute atomic E-state index is 0.184. The summed E-state index contributed by atoms with van der Waals surface area (Å²) in [5.74, 6) is -2.00. The first-order valence-corrected chi connectivity index (χ1v) is 38.7. The Balaban J connectivity index is 4.08. The topological polar surface area (TPSA) is 108 Å². The van der Waals surface area contributed by atoms with Crippen LogP contribution in [0.1, 0.15) is 335 Å². The quantitative estimate of drug-likeness (QED) is 0.0211. The molecule has 2 unspecified atom stereocenters. The van der Waals surface area contributed by atoms with E-state index in [1.165, 1.54) is 205 Å². The molecule has 0 aromatic carbocycles. The zero-order valence-electron chi connectivity index (χ0n) is 61.1. The molecule has 0 amide bonds. The Morgan fingerprint density at radius 2 is 0.613 bits per heavy atom. The third-order valence-electron chi connectivity index (χ3n) is 16.7. The summed E-state index contributed by atoms with van der Waals surface area (Å²) in [5, 5.41) is 9.77. The first-order chi connectivity index (χ1) is 45.6. The number of ether oxygens (including phenoxy) is 4. The molecule has 0 fully saturated rings. The Hall–Kier alpha value is -4.31. The Bertz CT molecular complexity index is 1950. The van der Waals surface area contributed by atoms with Crippen LogP contribution in [-0.4, -0.2) is 87.4 Å². The van der Waals surface area contributed by atoms with Crippen molar-refractivity contribution in [2.24, 2.45) is 0 Å². The molecule has 0 bridgehead atoms. The van der Waals surface area contributed by atoms with Gasteiger partial charge in [-0.1, -0.05) is 334 Å². The molecule has 1 N–H and O–H groups in total. The molecule has 0 heterocycles. The molecule has 0 saturated heterocycles. The summed E-state index contributed by atoms with van der Waals surface area (Å²) in [6.07, 6.45) is 102. The van der Waals surface area contributed by atoms with E-state index in [9.17, 15) is 19.5 Å². The van der Waals surface area contributed by atoms with Crippen LogP contribution in [0.4, 0.5) is 0 Å². The van der Waals surface area contributed by atoms with Crippen LogP contribution in [0.25, 0.3) is 0 Å². The average Bonchev–Trinajstić information content (AvgIpc) is 3.73. The third kappa shape index (κ3) is 74.9. The van der Waals surface area contributed by atoms with Gasteiger partial charge >= 0.3 is 17.9 Å². The van der Waals surface area contributed by atoms with Crippen LogP contribution >= 0.6 is 0 Å². The van der Waals surface area contributed by atoms with E-state index < -0.39 is 24.3 Å². The van der Waals surface area contributed by atoms with Gasteiger partial charge in [0.05, 0.1) is 34.4 Å². The van der Waals surface area contributed by atoms with Crippen LogP contribution in [0.2, 0.25) is 0 Å². The summed E-state index contributed by atoms with van der Waals surface area (Å²) >= 11 is 0. The van der Waals surface area contributed by atoms with Gasteiger partial charge in [0.15, 0.2) is 6.10 Å². The molecule has 0 spiro atoms. The van der Waals surface area contributed by atoms with Crippen LogP contribution < -0.4 is 0 Å². The molecule has 2 atom stereocenters. The van der Waals surface area contributed by atoms with E-state index in [0.717, 1.165) is 96.3 Å². The van der Waals surface area contributed by atoms with Crippen LogP contribution in [0.3, 0.4) is 0 Å². The molecule has 0 saturated carbocycles. The standard InChI is InChI=1S/C84H145NO8/c1-6-8-10-12-14-16-18-20-22-24-26-28-30-32-34-36-38-39-40-41-42-43-45-47-49-51-53-55-57-59-61-63-65-67-69-71-73-75-82(87)93-80(79-92-84(83(88)89)90-77-76-85(3,4)5)78-91-81(86)74-72-70-68-66-64-62-60-58-56-54-52-50-48-46-44-37-35-33-31-29-27-25-23-21-19-17-15-13-11-9-7-2/h8,10,14,16,19-22,25-28,32,34,38-39,41-42,45,47,80,84H,6-7,9,11-13,15,17-18,23-24,29-31,33,35-37,40,43-44,46,48-79H2,1-5H3/p+1/b10-8-,16-14-,21-19-,22-20-,27-25-,28-26-,34-32-,39-38-,42-41-,47-45-. The highest BCUT2D eigenvalue weighted by Gasteiger charge is 2.25. The maximum atomic E-state index is 13.0. The molecule has 0 aliphatic rings. The Morgan fingerprint density at radius 1 is 0.333 bits per heavy atom. The lowest BCUT2D eigenvalue weighted by Crippen LogP contribution is -2.40. The number of hydrogen-bond donors (Lipinski definition) is 1. The number of carbonyl (C=O) groups excluding carboxylic acids is 2. The van der Waals surface area contributed by atoms with Crippen molar-refractivity contribution >= 4 is 17.9 Å². The van der Waals surface area contributed by atoms with Crippen LogP contribution in [0.5, 0.6) is 0 Å². The van der Waals surface area contributed by atoms with Gasteiger partial charge in [-0.25, -0.2) is 4.79 Å². The molecular formula is C84H146NO8+. The lowest BCUT2D eigenvalue weighted by Gasteiger charge is -2.25. The Labute approximate surface area is 574 Å². The zero-order valence-corrected chi connectivity index (χ0v) is 61.1. The van der Waals surface area contributed by atoms with Crippen molar-refractivity contribution in [2.75, 3.05) is 47.5 Å². The normalized spacial score (nSPS) is 13.3. The Morgan fingerprint density at radius 3 is 0.914 bits per heavy atom. The summed E-state index contributed by atoms with van der Waals surface area (Å²) in [6.45, 7) is 4.78. The van der Waals surface area contributed by atoms with Gasteiger partial charge in [0.2, 0.25) is 0 Å². The molecule has 93 heavy (non-hydrogen) atoms. The van der Waals surface area contributed by atoms with E-state index in [4.69, 9.17) is 18.9 Å². The van der Waals surface area contributed by atoms with Crippen LogP contribution in [-0.2, 0) is 33.3 Å². The van der Waals surface area contributed by atoms with Crippen LogP contribution in [0, 0.1) is 0 Å². The first-order valence-electron chi connectivity index (χ1n) is 38.7. The number of likely N-dealkylation sites (N-methyl/N-ethyl adjacent to an activating group) is 1. The lowest BCUT2D eigenvalue weighted by molar-refractivity contribution is -0.870. The zero-order chi connectivity index (χ0) is 67.5. The van der Waals surface area contributed by atoms with Crippen molar-refractivity contribution in [1.29, 1.82) is 0 Å². The number of unbranched alkanes of at least 4 members (excludes halogenated alkanes) is 36. The number of esters is 2. The fourth-order valence-electron chi connectivity index (χ4n) is 10.8. The van der Waals surface area contributed by atoms with Gasteiger partial charge in [-0.05, 0) is 109 Å². The van der Waals surface area contributed by atoms with Crippen LogP contribution in [0.15, 0.2) is 122 Å². The predicted octanol–water partition coefficient (Wildman–Crippen LogP) is 24.7. The number of carboxylic acids is 1. The van der Waals surface area contributed by atoms with E-state index >= 15 is 0 Å². The molecule has 534 valence electrons. The fourth-order valence-corrected chi connectivity index (χ4v) is 10.8. The van der Waals surface area contributed by atoms with E-state index in [0.29, 0.717) is 23.9 Å². The highest BCUT2D eigenvalue weighted by atomic mass is 16.7. The fraction of sp³-hybridized carbons (Fsp3) is 0.726. The number of hydrogen-bond acceptors (Lipinski definition) is 7. The average molecular weight is 1300 g/mol. The second kappa shape index (κ2) is 73.5. The second-order valence-electron chi connectivity index (χ2n) is 26.9. The molecule has 0 radical (unpaired) electrons. The third-order valence-corrected chi connectivity index (χ3v) is 16.7. The molecular weight excluding hydrogens is 1150 g/mol. The summed E-state index contributed by atoms with van der Waals surface area (Å²) in [4.78, 5) is 37.7. The van der Waals surface area contributed by atoms with Crippen molar-refractivity contribution in [3.8, 4) is 0 Å². The summed E-state index contributed by atoms with van der Waals surface area (Å²) in [5.41, 5.74) is 0. The van der Waals surface area contributed by atoms with E-state index in [1.54, 1.807) is 0 Å². The minimum atomic E-state index is -1.52. The minimum Gasteiger partial charge on any atom is -0.477 e. The van der Waals surface area contributed by atoms with Crippen molar-refractivity contribution in [2.45, 2.75) is 347 Å². The summed E-state index contributed by atoms with van der Waals surface area (Å²) in [7, 11) is 5.98. The summed E-state index contributed by atoms with van der Waals surface area (Å²) < 4.78 is 23.0. The van der Waals surface area contributed by atoms with E-state index in [1.807, 2.05) is 21.1 Å². The number of aliphatic carboxylic acids is 1. The maximum absolute atomic E-state index is 13.0. The van der Waals surface area contributed by atoms with Gasteiger partial charge in [0.1, 0.15) is 13.2 Å². The highest BCUT2D eigenvalue weighted by Crippen LogP contribution is 2.18. The van der Waals surface area contributed by atoms with Crippen molar-refractivity contribution < 1.29 is 42.9 Å². The van der Waals surface area contributed by atoms with Crippen molar-refractivity contribution in [3.05, 3.63) is 122 Å². The molecule has 0 aliphatic heterocycles. The number of carbonyl (C=O) groups is 3. The first kappa shape index (κ1) is 88.7. The van der Waals surface area contributed by atoms with Gasteiger partial charge in [-0.15, -0.1) is 0 Å². The monoisotopic (exact) mass is 1300 g/mol. The SMILES string of the molecule is CC/C=C\C/C=C\C/C=C\C/C=C\C/C=C\C/C=C\C/C=C\C/C=C\CCCCCCCCCCCCCCC(=O)OC(COC(=O)CCCCCCCCCCCCCCCCCCCCC/C=C\C/C=C\CCCCCCC)COC(OCC[N+](C)(C)C)C(=O)O. The number of quaternary nitrogens is 1. The van der Waals surface area contributed by atoms with Gasteiger partial charge in [-0.3, -0.25) is 9.59 Å². The number of rotatable bonds is 71. The molecule has 9 nitrogen and oxygen atoms in total. The molecule has 0 rings (SSSR count). The van der Waals surface area contributed by atoms with Crippen molar-refractivity contribution in [3.63, 3.8) is 0 Å². The number of nitrogens with zero attached hydrogens (tertiary/aromatic N) is 1. The number of carboxylic acid groups (broad SMARTS) is 1. The summed E-state index contributed by atoms with van der Waals surface area (Å²) in [6, 6.07) is 0. The number of allylic oxidation sites excluding steroid dienone is 20. The molecule has 0 aliphatic carbocycles. The molecule has 0 aromatic heterocycles. The predicted molar refractivity (Wildman–Crippen MR) is 401 cm³/mol. The van der Waals surface area contributed by atoms with Gasteiger partial charge in [-0.2, -0.15) is 0 Å². The van der Waals surface area contributed by atoms with Gasteiger partial charge in [0.25, 0.3) is 6.29 Å². The molecule has 0 aromatic rings. The largest absolute Gasteiger partial charge is 0.477 e. The van der Waals surface area contributed by atoms with Gasteiger partial charge in [0, 0.05) is 12.8 Å².